The number of urea groups is 1. The average molecular weight is 530 g/mol. The fourth-order valence-corrected chi connectivity index (χ4v) is 4.23. The molecule has 0 aromatic heterocycles. The first kappa shape index (κ1) is 28.1. The van der Waals surface area contributed by atoms with Crippen molar-refractivity contribution in [2.45, 2.75) is 39.8 Å². The third-order valence-corrected chi connectivity index (χ3v) is 6.41. The Morgan fingerprint density at radius 1 is 1.03 bits per heavy atom. The van der Waals surface area contributed by atoms with Crippen LogP contribution in [0.25, 0.3) is 0 Å². The number of carbonyl (C=O) groups is 3. The van der Waals surface area contributed by atoms with Gasteiger partial charge in [0, 0.05) is 49.5 Å². The van der Waals surface area contributed by atoms with E-state index in [1.807, 2.05) is 39.8 Å². The zero-order chi connectivity index (χ0) is 27.1. The van der Waals surface area contributed by atoms with Crippen LogP contribution >= 0.6 is 11.6 Å². The average Bonchev–Trinajstić information content (AvgIpc) is 2.87. The Morgan fingerprint density at radius 3 is 2.35 bits per heavy atom. The number of nitrogens with zero attached hydrogens (tertiary/aromatic N) is 3. The number of hydrogen-bond donors (Lipinski definition) is 2. The van der Waals surface area contributed by atoms with E-state index in [-0.39, 0.29) is 36.5 Å². The number of carbonyl (C=O) groups excluding carboxylic acids is 3. The van der Waals surface area contributed by atoms with Gasteiger partial charge in [-0.1, -0.05) is 17.7 Å². The van der Waals surface area contributed by atoms with Gasteiger partial charge in [-0.3, -0.25) is 9.59 Å². The molecule has 0 saturated carbocycles. The van der Waals surface area contributed by atoms with Crippen molar-refractivity contribution < 1.29 is 19.1 Å². The maximum atomic E-state index is 13.1. The number of amides is 4. The molecule has 9 nitrogen and oxygen atoms in total. The first-order valence-corrected chi connectivity index (χ1v) is 12.8. The standard InChI is InChI=1S/C27H36ClN5O4/c1-18(2)29-27(36)32-13-11-31(12-14-32)21-9-10-23(28)24(16-21)30-25(34)17-33(19(3)4)26(35)20-7-6-8-22(15-20)37-5/h6-10,15-16,18-19H,11-14,17H2,1-5H3,(H,29,36)(H,30,34). The molecule has 2 aromatic carbocycles. The lowest BCUT2D eigenvalue weighted by molar-refractivity contribution is -0.117. The van der Waals surface area contributed by atoms with Gasteiger partial charge in [0.05, 0.1) is 17.8 Å². The highest BCUT2D eigenvalue weighted by atomic mass is 35.5. The second kappa shape index (κ2) is 12.7. The van der Waals surface area contributed by atoms with Crippen LogP contribution in [-0.2, 0) is 4.79 Å². The zero-order valence-electron chi connectivity index (χ0n) is 22.1. The van der Waals surface area contributed by atoms with Gasteiger partial charge >= 0.3 is 6.03 Å². The largest absolute Gasteiger partial charge is 0.497 e. The summed E-state index contributed by atoms with van der Waals surface area (Å²) in [6, 6.07) is 12.2. The SMILES string of the molecule is COc1cccc(C(=O)N(CC(=O)Nc2cc(N3CCN(C(=O)NC(C)C)CC3)ccc2Cl)C(C)C)c1. The highest BCUT2D eigenvalue weighted by molar-refractivity contribution is 6.33. The quantitative estimate of drug-likeness (QED) is 0.537. The molecule has 10 heteroatoms. The minimum atomic E-state index is -0.348. The molecule has 200 valence electrons. The van der Waals surface area contributed by atoms with E-state index in [1.54, 1.807) is 42.3 Å². The van der Waals surface area contributed by atoms with Crippen LogP contribution in [0.2, 0.25) is 5.02 Å². The maximum Gasteiger partial charge on any atom is 0.317 e. The monoisotopic (exact) mass is 529 g/mol. The lowest BCUT2D eigenvalue weighted by atomic mass is 10.1. The number of ether oxygens (including phenoxy) is 1. The van der Waals surface area contributed by atoms with Crippen molar-refractivity contribution in [2.75, 3.05) is 50.1 Å². The van der Waals surface area contributed by atoms with E-state index >= 15 is 0 Å². The van der Waals surface area contributed by atoms with E-state index in [4.69, 9.17) is 16.3 Å². The third-order valence-electron chi connectivity index (χ3n) is 6.08. The molecule has 1 fully saturated rings. The molecule has 0 unspecified atom stereocenters. The minimum Gasteiger partial charge on any atom is -0.497 e. The number of benzene rings is 2. The van der Waals surface area contributed by atoms with Crippen LogP contribution in [0, 0.1) is 0 Å². The molecule has 0 spiro atoms. The number of halogens is 1. The number of methoxy groups -OCH3 is 1. The van der Waals surface area contributed by atoms with Gasteiger partial charge in [-0.15, -0.1) is 0 Å². The Bertz CT molecular complexity index is 1120. The molecule has 1 aliphatic heterocycles. The van der Waals surface area contributed by atoms with Crippen molar-refractivity contribution in [3.63, 3.8) is 0 Å². The van der Waals surface area contributed by atoms with Gasteiger partial charge in [-0.2, -0.15) is 0 Å². The summed E-state index contributed by atoms with van der Waals surface area (Å²) in [5, 5.41) is 6.19. The molecule has 0 atom stereocenters. The van der Waals surface area contributed by atoms with Gasteiger partial charge in [0.25, 0.3) is 5.91 Å². The summed E-state index contributed by atoms with van der Waals surface area (Å²) >= 11 is 6.39. The molecule has 2 aromatic rings. The smallest absolute Gasteiger partial charge is 0.317 e. The van der Waals surface area contributed by atoms with E-state index in [0.717, 1.165) is 5.69 Å². The predicted octanol–water partition coefficient (Wildman–Crippen LogP) is 4.08. The number of rotatable bonds is 8. The molecule has 0 bridgehead atoms. The van der Waals surface area contributed by atoms with E-state index in [9.17, 15) is 14.4 Å². The molecule has 0 aliphatic carbocycles. The normalized spacial score (nSPS) is 13.5. The number of nitrogens with one attached hydrogen (secondary N) is 2. The molecule has 4 amide bonds. The molecular weight excluding hydrogens is 494 g/mol. The Balaban J connectivity index is 1.65. The van der Waals surface area contributed by atoms with Gasteiger partial charge < -0.3 is 30.1 Å². The number of anilines is 2. The van der Waals surface area contributed by atoms with Crippen LogP contribution in [0.1, 0.15) is 38.1 Å². The summed E-state index contributed by atoms with van der Waals surface area (Å²) in [6.07, 6.45) is 0. The number of hydrogen-bond acceptors (Lipinski definition) is 5. The van der Waals surface area contributed by atoms with E-state index in [1.165, 1.54) is 4.90 Å². The minimum absolute atomic E-state index is 0.0584. The molecule has 1 aliphatic rings. The van der Waals surface area contributed by atoms with Gasteiger partial charge in [0.15, 0.2) is 0 Å². The van der Waals surface area contributed by atoms with Gasteiger partial charge in [0.1, 0.15) is 12.3 Å². The second-order valence-corrected chi connectivity index (χ2v) is 9.96. The Hall–Kier alpha value is -3.46. The lowest BCUT2D eigenvalue weighted by Gasteiger charge is -2.36. The van der Waals surface area contributed by atoms with Gasteiger partial charge in [-0.25, -0.2) is 4.79 Å². The topological polar surface area (TPSA) is 94.2 Å². The van der Waals surface area contributed by atoms with Crippen molar-refractivity contribution in [1.29, 1.82) is 0 Å². The predicted molar refractivity (Wildman–Crippen MR) is 147 cm³/mol. The van der Waals surface area contributed by atoms with Gasteiger partial charge in [0.2, 0.25) is 5.91 Å². The lowest BCUT2D eigenvalue weighted by Crippen LogP contribution is -2.52. The van der Waals surface area contributed by atoms with Crippen molar-refractivity contribution in [3.05, 3.63) is 53.1 Å². The highest BCUT2D eigenvalue weighted by Crippen LogP contribution is 2.28. The molecular formula is C27H36ClN5O4. The highest BCUT2D eigenvalue weighted by Gasteiger charge is 2.24. The molecule has 2 N–H and O–H groups in total. The maximum absolute atomic E-state index is 13.1. The first-order chi connectivity index (χ1) is 17.6. The summed E-state index contributed by atoms with van der Waals surface area (Å²) in [5.74, 6) is -0.0357. The summed E-state index contributed by atoms with van der Waals surface area (Å²) in [7, 11) is 1.54. The van der Waals surface area contributed by atoms with Crippen molar-refractivity contribution in [1.82, 2.24) is 15.1 Å². The van der Waals surface area contributed by atoms with Crippen LogP contribution < -0.4 is 20.3 Å². The Morgan fingerprint density at radius 2 is 1.73 bits per heavy atom. The molecule has 37 heavy (non-hydrogen) atoms. The number of piperazine rings is 1. The molecule has 3 rings (SSSR count). The van der Waals surface area contributed by atoms with Crippen LogP contribution in [0.15, 0.2) is 42.5 Å². The van der Waals surface area contributed by atoms with Gasteiger partial charge in [-0.05, 0) is 64.1 Å². The first-order valence-electron chi connectivity index (χ1n) is 12.4. The summed E-state index contributed by atoms with van der Waals surface area (Å²) in [4.78, 5) is 43.8. The fraction of sp³-hybridized carbons (Fsp3) is 0.444. The molecule has 0 radical (unpaired) electrons. The van der Waals surface area contributed by atoms with Crippen LogP contribution in [0.5, 0.6) is 5.75 Å². The summed E-state index contributed by atoms with van der Waals surface area (Å²) < 4.78 is 5.22. The summed E-state index contributed by atoms with van der Waals surface area (Å²) in [6.45, 7) is 9.99. The van der Waals surface area contributed by atoms with Crippen molar-refractivity contribution in [2.24, 2.45) is 0 Å². The van der Waals surface area contributed by atoms with Crippen LogP contribution in [0.4, 0.5) is 16.2 Å². The second-order valence-electron chi connectivity index (χ2n) is 9.55. The van der Waals surface area contributed by atoms with E-state index in [0.29, 0.717) is 48.2 Å². The fourth-order valence-electron chi connectivity index (χ4n) is 4.07. The molecule has 1 saturated heterocycles. The Labute approximate surface area is 223 Å². The van der Waals surface area contributed by atoms with Crippen molar-refractivity contribution in [3.8, 4) is 5.75 Å². The molecule has 1 heterocycles. The zero-order valence-corrected chi connectivity index (χ0v) is 22.8. The van der Waals surface area contributed by atoms with Crippen LogP contribution in [0.3, 0.4) is 0 Å². The Kier molecular flexibility index (Phi) is 9.63. The van der Waals surface area contributed by atoms with E-state index in [2.05, 4.69) is 15.5 Å². The van der Waals surface area contributed by atoms with Crippen LogP contribution in [-0.4, -0.2) is 79.6 Å². The third kappa shape index (κ3) is 7.52. The summed E-state index contributed by atoms with van der Waals surface area (Å²) in [5.41, 5.74) is 1.82. The van der Waals surface area contributed by atoms with E-state index < -0.39 is 0 Å². The van der Waals surface area contributed by atoms with Crippen molar-refractivity contribution >= 4 is 40.8 Å².